The largest absolute Gasteiger partial charge is 0.370 e. The molecule has 1 aromatic heterocycles. The number of aryl methyl sites for hydroxylation is 1. The van der Waals surface area contributed by atoms with E-state index in [4.69, 9.17) is 4.74 Å². The van der Waals surface area contributed by atoms with Crippen molar-refractivity contribution in [1.82, 2.24) is 4.98 Å². The lowest BCUT2D eigenvalue weighted by molar-refractivity contribution is 0.0391. The predicted octanol–water partition coefficient (Wildman–Crippen LogP) is 4.18. The summed E-state index contributed by atoms with van der Waals surface area (Å²) >= 11 is 0. The van der Waals surface area contributed by atoms with E-state index in [-0.39, 0.29) is 11.0 Å². The number of para-hydroxylation sites is 1. The quantitative estimate of drug-likeness (QED) is 0.579. The van der Waals surface area contributed by atoms with Crippen LogP contribution in [-0.2, 0) is 14.8 Å². The van der Waals surface area contributed by atoms with E-state index in [1.165, 1.54) is 21.6 Å². The van der Waals surface area contributed by atoms with Crippen LogP contribution in [0.5, 0.6) is 0 Å². The first kappa shape index (κ1) is 21.3. The number of hydrogen-bond donors (Lipinski definition) is 0. The van der Waals surface area contributed by atoms with E-state index in [0.717, 1.165) is 5.82 Å². The summed E-state index contributed by atoms with van der Waals surface area (Å²) < 4.78 is 33.7. The van der Waals surface area contributed by atoms with Crippen LogP contribution in [0, 0.1) is 6.92 Å². The Hall–Kier alpha value is -2.90. The number of nitrogens with zero attached hydrogens (tertiary/aromatic N) is 3. The third-order valence-corrected chi connectivity index (χ3v) is 7.45. The molecular weight excluding hydrogens is 410 g/mol. The van der Waals surface area contributed by atoms with Gasteiger partial charge in [0.05, 0.1) is 12.3 Å². The molecule has 162 valence electrons. The predicted molar refractivity (Wildman–Crippen MR) is 123 cm³/mol. The molecule has 1 fully saturated rings. The molecule has 4 rings (SSSR count). The molecule has 1 saturated heterocycles. The summed E-state index contributed by atoms with van der Waals surface area (Å²) in [5, 5.41) is 0. The number of aromatic nitrogens is 1. The van der Waals surface area contributed by atoms with Crippen LogP contribution in [0.1, 0.15) is 24.2 Å². The molecule has 6 nitrogen and oxygen atoms in total. The molecule has 1 aliphatic heterocycles. The van der Waals surface area contributed by atoms with Crippen LogP contribution in [0.3, 0.4) is 0 Å². The average Bonchev–Trinajstić information content (AvgIpc) is 2.80. The van der Waals surface area contributed by atoms with Crippen molar-refractivity contribution in [2.45, 2.75) is 24.8 Å². The van der Waals surface area contributed by atoms with Crippen molar-refractivity contribution >= 4 is 21.5 Å². The molecular formula is C24H27N3O3S. The van der Waals surface area contributed by atoms with Gasteiger partial charge in [-0.1, -0.05) is 42.5 Å². The second-order valence-corrected chi connectivity index (χ2v) is 9.38. The zero-order valence-electron chi connectivity index (χ0n) is 17.8. The highest BCUT2D eigenvalue weighted by Crippen LogP contribution is 2.28. The second-order valence-electron chi connectivity index (χ2n) is 7.52. The molecule has 0 spiro atoms. The van der Waals surface area contributed by atoms with Crippen LogP contribution in [0.25, 0.3) is 0 Å². The van der Waals surface area contributed by atoms with Crippen molar-refractivity contribution in [3.8, 4) is 0 Å². The van der Waals surface area contributed by atoms with Crippen molar-refractivity contribution in [2.24, 2.45) is 0 Å². The van der Waals surface area contributed by atoms with E-state index in [1.54, 1.807) is 24.3 Å². The lowest BCUT2D eigenvalue weighted by Crippen LogP contribution is -2.39. The smallest absolute Gasteiger partial charge is 0.265 e. The summed E-state index contributed by atoms with van der Waals surface area (Å²) in [6.07, 6.45) is 1.42. The van der Waals surface area contributed by atoms with Crippen molar-refractivity contribution in [2.75, 3.05) is 35.4 Å². The molecule has 1 atom stereocenters. The van der Waals surface area contributed by atoms with Gasteiger partial charge in [-0.3, -0.25) is 4.31 Å². The molecule has 0 amide bonds. The van der Waals surface area contributed by atoms with Gasteiger partial charge >= 0.3 is 0 Å². The van der Waals surface area contributed by atoms with Crippen LogP contribution in [0.2, 0.25) is 0 Å². The number of hydrogen-bond acceptors (Lipinski definition) is 5. The number of sulfonamides is 1. The Morgan fingerprint density at radius 1 is 1.06 bits per heavy atom. The summed E-state index contributed by atoms with van der Waals surface area (Å²) in [4.78, 5) is 6.82. The SMILES string of the molecule is CCN(c1ccccc1)S(=O)(=O)c1ccc(N2CCOC(c3ccccc3C)C2)nc1. The maximum atomic E-state index is 13.2. The van der Waals surface area contributed by atoms with E-state index < -0.39 is 10.0 Å². The summed E-state index contributed by atoms with van der Waals surface area (Å²) in [6, 6.07) is 20.8. The van der Waals surface area contributed by atoms with Gasteiger partial charge in [-0.2, -0.15) is 0 Å². The number of benzene rings is 2. The summed E-state index contributed by atoms with van der Waals surface area (Å²) in [6.45, 7) is 6.24. The van der Waals surface area contributed by atoms with Crippen LogP contribution < -0.4 is 9.21 Å². The first-order valence-electron chi connectivity index (χ1n) is 10.5. The Bertz CT molecular complexity index is 1120. The zero-order valence-corrected chi connectivity index (χ0v) is 18.6. The van der Waals surface area contributed by atoms with Crippen molar-refractivity contribution in [3.05, 3.63) is 84.1 Å². The Labute approximate surface area is 184 Å². The first-order chi connectivity index (χ1) is 15.0. The van der Waals surface area contributed by atoms with Gasteiger partial charge in [0.1, 0.15) is 16.8 Å². The molecule has 0 aliphatic carbocycles. The number of ether oxygens (including phenoxy) is 1. The van der Waals surface area contributed by atoms with Crippen LogP contribution in [-0.4, -0.2) is 39.6 Å². The molecule has 0 radical (unpaired) electrons. The molecule has 31 heavy (non-hydrogen) atoms. The molecule has 2 heterocycles. The third-order valence-electron chi connectivity index (χ3n) is 5.57. The van der Waals surface area contributed by atoms with Gasteiger partial charge in [0, 0.05) is 25.8 Å². The maximum absolute atomic E-state index is 13.2. The summed E-state index contributed by atoms with van der Waals surface area (Å²) in [5.74, 6) is 0.753. The van der Waals surface area contributed by atoms with Crippen molar-refractivity contribution in [1.29, 1.82) is 0 Å². The van der Waals surface area contributed by atoms with Crippen LogP contribution in [0.4, 0.5) is 11.5 Å². The summed E-state index contributed by atoms with van der Waals surface area (Å²) in [7, 11) is -3.68. The van der Waals surface area contributed by atoms with Gasteiger partial charge < -0.3 is 9.64 Å². The highest BCUT2D eigenvalue weighted by Gasteiger charge is 2.26. The Morgan fingerprint density at radius 3 is 2.48 bits per heavy atom. The highest BCUT2D eigenvalue weighted by atomic mass is 32.2. The minimum atomic E-state index is -3.68. The fourth-order valence-electron chi connectivity index (χ4n) is 3.92. The lowest BCUT2D eigenvalue weighted by Gasteiger charge is -2.34. The molecule has 0 bridgehead atoms. The normalized spacial score (nSPS) is 16.8. The second kappa shape index (κ2) is 9.08. The Morgan fingerprint density at radius 2 is 1.81 bits per heavy atom. The van der Waals surface area contributed by atoms with E-state index in [1.807, 2.05) is 37.3 Å². The monoisotopic (exact) mass is 437 g/mol. The van der Waals surface area contributed by atoms with Crippen molar-refractivity contribution in [3.63, 3.8) is 0 Å². The van der Waals surface area contributed by atoms with Crippen LogP contribution in [0.15, 0.2) is 77.8 Å². The van der Waals surface area contributed by atoms with Gasteiger partial charge in [-0.15, -0.1) is 0 Å². The van der Waals surface area contributed by atoms with Gasteiger partial charge in [0.25, 0.3) is 10.0 Å². The molecule has 0 saturated carbocycles. The lowest BCUT2D eigenvalue weighted by atomic mass is 10.0. The van der Waals surface area contributed by atoms with Crippen LogP contribution >= 0.6 is 0 Å². The molecule has 7 heteroatoms. The summed E-state index contributed by atoms with van der Waals surface area (Å²) in [5.41, 5.74) is 3.01. The van der Waals surface area contributed by atoms with E-state index >= 15 is 0 Å². The van der Waals surface area contributed by atoms with Gasteiger partial charge in [-0.25, -0.2) is 13.4 Å². The topological polar surface area (TPSA) is 62.7 Å². The number of rotatable bonds is 6. The molecule has 1 unspecified atom stereocenters. The third kappa shape index (κ3) is 4.43. The van der Waals surface area contributed by atoms with E-state index in [2.05, 4.69) is 28.9 Å². The van der Waals surface area contributed by atoms with E-state index in [0.29, 0.717) is 31.9 Å². The molecule has 3 aromatic rings. The van der Waals surface area contributed by atoms with Gasteiger partial charge in [0.2, 0.25) is 0 Å². The highest BCUT2D eigenvalue weighted by molar-refractivity contribution is 7.92. The fraction of sp³-hybridized carbons (Fsp3) is 0.292. The first-order valence-corrected chi connectivity index (χ1v) is 11.9. The zero-order chi connectivity index (χ0) is 21.8. The average molecular weight is 438 g/mol. The Balaban J connectivity index is 1.54. The number of anilines is 2. The van der Waals surface area contributed by atoms with E-state index in [9.17, 15) is 8.42 Å². The van der Waals surface area contributed by atoms with Gasteiger partial charge in [0.15, 0.2) is 0 Å². The molecule has 1 aliphatic rings. The minimum Gasteiger partial charge on any atom is -0.370 e. The molecule has 2 aromatic carbocycles. The Kier molecular flexibility index (Phi) is 6.25. The number of pyridine rings is 1. The standard InChI is InChI=1S/C24H27N3O3S/c1-3-27(20-10-5-4-6-11-20)31(28,29)21-13-14-24(25-17-21)26-15-16-30-23(18-26)22-12-8-7-9-19(22)2/h4-14,17,23H,3,15-16,18H2,1-2H3. The minimum absolute atomic E-state index is 0.0335. The fourth-order valence-corrected chi connectivity index (χ4v) is 5.34. The molecule has 0 N–H and O–H groups in total. The maximum Gasteiger partial charge on any atom is 0.265 e. The number of morpholine rings is 1. The van der Waals surface area contributed by atoms with Crippen molar-refractivity contribution < 1.29 is 13.2 Å². The van der Waals surface area contributed by atoms with Gasteiger partial charge in [-0.05, 0) is 49.2 Å².